The molecule has 1 heterocycles. The molecule has 7 heteroatoms. The first-order chi connectivity index (χ1) is 9.09. The summed E-state index contributed by atoms with van der Waals surface area (Å²) in [6, 6.07) is 6.41. The summed E-state index contributed by atoms with van der Waals surface area (Å²) in [6.45, 7) is 0. The van der Waals surface area contributed by atoms with Crippen LogP contribution in [0.4, 0.5) is 11.4 Å². The molecule has 2 aromatic rings. The van der Waals surface area contributed by atoms with E-state index >= 15 is 0 Å². The molecular formula is C12H10ClN3O2S. The number of hydrogen-bond donors (Lipinski definition) is 1. The molecule has 0 radical (unpaired) electrons. The molecule has 0 aliphatic rings. The lowest BCUT2D eigenvalue weighted by atomic mass is 10.2. The van der Waals surface area contributed by atoms with Crippen molar-refractivity contribution in [2.45, 2.75) is 10.6 Å². The quantitative estimate of drug-likeness (QED) is 0.530. The second kappa shape index (κ2) is 5.90. The number of benzene rings is 1. The molecule has 0 unspecified atom stereocenters. The molecule has 2 rings (SSSR count). The van der Waals surface area contributed by atoms with Crippen molar-refractivity contribution in [3.05, 3.63) is 57.4 Å². The predicted molar refractivity (Wildman–Crippen MR) is 76.3 cm³/mol. The Kier molecular flexibility index (Phi) is 4.24. The molecule has 0 amide bonds. The number of thioether (sulfide) groups is 1. The number of nitrogens with zero attached hydrogens (tertiary/aromatic N) is 2. The zero-order valence-electron chi connectivity index (χ0n) is 9.75. The summed E-state index contributed by atoms with van der Waals surface area (Å²) < 4.78 is 0. The van der Waals surface area contributed by atoms with Crippen LogP contribution in [0.3, 0.4) is 0 Å². The monoisotopic (exact) mass is 295 g/mol. The molecule has 1 aromatic heterocycles. The second-order valence-electron chi connectivity index (χ2n) is 3.70. The van der Waals surface area contributed by atoms with Gasteiger partial charge >= 0.3 is 0 Å². The number of nitrogens with two attached hydrogens (primary N) is 1. The van der Waals surface area contributed by atoms with E-state index in [1.807, 2.05) is 0 Å². The van der Waals surface area contributed by atoms with Crippen molar-refractivity contribution in [2.24, 2.45) is 0 Å². The molecule has 0 spiro atoms. The third-order valence-electron chi connectivity index (χ3n) is 2.47. The third kappa shape index (κ3) is 3.15. The Morgan fingerprint density at radius 2 is 2.21 bits per heavy atom. The maximum absolute atomic E-state index is 11.0. The molecular weight excluding hydrogens is 286 g/mol. The standard InChI is InChI=1S/C12H10ClN3O2S/c13-9-2-1-3-11(16(17)18)8(9)7-19-12-4-5-15-6-10(12)14/h1-6H,7,14H2. The zero-order chi connectivity index (χ0) is 13.8. The van der Waals surface area contributed by atoms with E-state index in [0.29, 0.717) is 22.0 Å². The highest BCUT2D eigenvalue weighted by atomic mass is 35.5. The Bertz CT molecular complexity index is 622. The van der Waals surface area contributed by atoms with Crippen LogP contribution < -0.4 is 5.73 Å². The fourth-order valence-electron chi connectivity index (χ4n) is 1.54. The Morgan fingerprint density at radius 3 is 2.89 bits per heavy atom. The third-order valence-corrected chi connectivity index (χ3v) is 3.94. The number of rotatable bonds is 4. The van der Waals surface area contributed by atoms with Gasteiger partial charge in [-0.2, -0.15) is 0 Å². The second-order valence-corrected chi connectivity index (χ2v) is 5.12. The summed E-state index contributed by atoms with van der Waals surface area (Å²) in [5.74, 6) is 0.379. The van der Waals surface area contributed by atoms with E-state index < -0.39 is 4.92 Å². The van der Waals surface area contributed by atoms with Crippen LogP contribution in [0.2, 0.25) is 5.02 Å². The van der Waals surface area contributed by atoms with Crippen molar-refractivity contribution >= 4 is 34.7 Å². The van der Waals surface area contributed by atoms with Crippen molar-refractivity contribution in [2.75, 3.05) is 5.73 Å². The van der Waals surface area contributed by atoms with E-state index in [1.54, 1.807) is 30.6 Å². The first-order valence-electron chi connectivity index (χ1n) is 5.33. The van der Waals surface area contributed by atoms with Crippen LogP contribution in [0, 0.1) is 10.1 Å². The molecule has 0 atom stereocenters. The van der Waals surface area contributed by atoms with Crippen LogP contribution in [0.25, 0.3) is 0 Å². The normalized spacial score (nSPS) is 10.4. The smallest absolute Gasteiger partial charge is 0.274 e. The highest BCUT2D eigenvalue weighted by Crippen LogP contribution is 2.34. The summed E-state index contributed by atoms with van der Waals surface area (Å²) >= 11 is 7.41. The van der Waals surface area contributed by atoms with Gasteiger partial charge in [-0.3, -0.25) is 15.1 Å². The van der Waals surface area contributed by atoms with Gasteiger partial charge in [0.25, 0.3) is 5.69 Å². The maximum Gasteiger partial charge on any atom is 0.274 e. The topological polar surface area (TPSA) is 82.0 Å². The Labute approximate surface area is 118 Å². The van der Waals surface area contributed by atoms with E-state index in [2.05, 4.69) is 4.98 Å². The highest BCUT2D eigenvalue weighted by Gasteiger charge is 2.16. The largest absolute Gasteiger partial charge is 0.397 e. The van der Waals surface area contributed by atoms with Gasteiger partial charge in [-0.1, -0.05) is 17.7 Å². The van der Waals surface area contributed by atoms with Gasteiger partial charge in [-0.25, -0.2) is 0 Å². The first-order valence-corrected chi connectivity index (χ1v) is 6.70. The van der Waals surface area contributed by atoms with Gasteiger partial charge in [0.05, 0.1) is 27.4 Å². The van der Waals surface area contributed by atoms with E-state index in [4.69, 9.17) is 17.3 Å². The molecule has 0 fully saturated rings. The number of nitro groups is 1. The van der Waals surface area contributed by atoms with E-state index in [-0.39, 0.29) is 5.69 Å². The van der Waals surface area contributed by atoms with Gasteiger partial charge in [0.2, 0.25) is 0 Å². The maximum atomic E-state index is 11.0. The van der Waals surface area contributed by atoms with Crippen molar-refractivity contribution < 1.29 is 4.92 Å². The van der Waals surface area contributed by atoms with Crippen LogP contribution in [0.5, 0.6) is 0 Å². The number of hydrogen-bond acceptors (Lipinski definition) is 5. The zero-order valence-corrected chi connectivity index (χ0v) is 11.3. The lowest BCUT2D eigenvalue weighted by Gasteiger charge is -2.06. The molecule has 0 aliphatic carbocycles. The average molecular weight is 296 g/mol. The number of aromatic nitrogens is 1. The van der Waals surface area contributed by atoms with E-state index in [9.17, 15) is 10.1 Å². The minimum Gasteiger partial charge on any atom is -0.397 e. The van der Waals surface area contributed by atoms with Crippen LogP contribution in [-0.2, 0) is 5.75 Å². The fourth-order valence-corrected chi connectivity index (χ4v) is 2.83. The van der Waals surface area contributed by atoms with Gasteiger partial charge in [0, 0.05) is 22.9 Å². The lowest BCUT2D eigenvalue weighted by Crippen LogP contribution is -1.96. The number of nitro benzene ring substituents is 1. The number of halogens is 1. The summed E-state index contributed by atoms with van der Waals surface area (Å²) in [7, 11) is 0. The van der Waals surface area contributed by atoms with Gasteiger partial charge in [0.1, 0.15) is 0 Å². The van der Waals surface area contributed by atoms with Crippen LogP contribution >= 0.6 is 23.4 Å². The molecule has 0 bridgehead atoms. The molecule has 5 nitrogen and oxygen atoms in total. The van der Waals surface area contributed by atoms with Crippen molar-refractivity contribution in [1.29, 1.82) is 0 Å². The molecule has 2 N–H and O–H groups in total. The number of pyridine rings is 1. The van der Waals surface area contributed by atoms with E-state index in [0.717, 1.165) is 4.90 Å². The Hall–Kier alpha value is -1.79. The van der Waals surface area contributed by atoms with Crippen LogP contribution in [0.1, 0.15) is 5.56 Å². The summed E-state index contributed by atoms with van der Waals surface area (Å²) in [5, 5.41) is 11.3. The van der Waals surface area contributed by atoms with E-state index in [1.165, 1.54) is 17.8 Å². The van der Waals surface area contributed by atoms with Gasteiger partial charge in [-0.15, -0.1) is 11.8 Å². The van der Waals surface area contributed by atoms with Gasteiger partial charge < -0.3 is 5.73 Å². The Balaban J connectivity index is 2.25. The Morgan fingerprint density at radius 1 is 1.42 bits per heavy atom. The number of anilines is 1. The lowest BCUT2D eigenvalue weighted by molar-refractivity contribution is -0.385. The molecule has 0 saturated heterocycles. The SMILES string of the molecule is Nc1cnccc1SCc1c(Cl)cccc1[N+](=O)[O-]. The predicted octanol–water partition coefficient (Wildman–Crippen LogP) is 3.52. The van der Waals surface area contributed by atoms with Gasteiger partial charge in [0.15, 0.2) is 0 Å². The summed E-state index contributed by atoms with van der Waals surface area (Å²) in [6.07, 6.45) is 3.17. The minimum absolute atomic E-state index is 0.0210. The first kappa shape index (κ1) is 13.6. The minimum atomic E-state index is -0.433. The van der Waals surface area contributed by atoms with Crippen molar-refractivity contribution in [3.8, 4) is 0 Å². The molecule has 98 valence electrons. The molecule has 19 heavy (non-hydrogen) atoms. The highest BCUT2D eigenvalue weighted by molar-refractivity contribution is 7.98. The average Bonchev–Trinajstić information content (AvgIpc) is 2.38. The summed E-state index contributed by atoms with van der Waals surface area (Å²) in [4.78, 5) is 15.2. The number of nitrogen functional groups attached to an aromatic ring is 1. The van der Waals surface area contributed by atoms with Crippen molar-refractivity contribution in [3.63, 3.8) is 0 Å². The fraction of sp³-hybridized carbons (Fsp3) is 0.0833. The van der Waals surface area contributed by atoms with Gasteiger partial charge in [-0.05, 0) is 12.1 Å². The molecule has 0 aliphatic heterocycles. The summed E-state index contributed by atoms with van der Waals surface area (Å²) in [5.41, 5.74) is 6.83. The molecule has 1 aromatic carbocycles. The van der Waals surface area contributed by atoms with Crippen LogP contribution in [0.15, 0.2) is 41.6 Å². The van der Waals surface area contributed by atoms with Crippen molar-refractivity contribution in [1.82, 2.24) is 4.98 Å². The molecule has 0 saturated carbocycles. The van der Waals surface area contributed by atoms with Crippen LogP contribution in [-0.4, -0.2) is 9.91 Å².